The molecule has 1 heterocycles. The van der Waals surface area contributed by atoms with Gasteiger partial charge in [0.2, 0.25) is 0 Å². The maximum Gasteiger partial charge on any atom is 0.127 e. The maximum atomic E-state index is 5.75. The molecule has 0 aliphatic carbocycles. The Kier molecular flexibility index (Phi) is 5.19. The molecule has 0 bridgehead atoms. The van der Waals surface area contributed by atoms with Crippen molar-refractivity contribution in [3.63, 3.8) is 0 Å². The van der Waals surface area contributed by atoms with Gasteiger partial charge in [0.25, 0.3) is 0 Å². The first-order valence-electron chi connectivity index (χ1n) is 6.85. The van der Waals surface area contributed by atoms with Crippen LogP contribution in [0, 0.1) is 0 Å². The van der Waals surface area contributed by atoms with Crippen LogP contribution in [0.5, 0.6) is 11.5 Å². The topological polar surface area (TPSA) is 74.3 Å². The number of aromatic nitrogens is 2. The third kappa shape index (κ3) is 3.34. The van der Waals surface area contributed by atoms with Gasteiger partial charge in [-0.15, -0.1) is 0 Å². The van der Waals surface area contributed by atoms with Crippen LogP contribution in [0.3, 0.4) is 0 Å². The molecular formula is C15H22N4O2. The summed E-state index contributed by atoms with van der Waals surface area (Å²) in [6, 6.07) is 7.66. The van der Waals surface area contributed by atoms with Crippen molar-refractivity contribution in [3.05, 3.63) is 41.7 Å². The van der Waals surface area contributed by atoms with Crippen LogP contribution in [0.2, 0.25) is 0 Å². The number of hydrazine groups is 1. The fourth-order valence-electron chi connectivity index (χ4n) is 2.47. The molecule has 21 heavy (non-hydrogen) atoms. The molecule has 1 unspecified atom stereocenters. The summed E-state index contributed by atoms with van der Waals surface area (Å²) >= 11 is 0. The second-order valence-corrected chi connectivity index (χ2v) is 4.78. The minimum atomic E-state index is -0.0639. The Morgan fingerprint density at radius 3 is 2.38 bits per heavy atom. The zero-order valence-corrected chi connectivity index (χ0v) is 12.7. The first-order chi connectivity index (χ1) is 10.2. The average Bonchev–Trinajstić information content (AvgIpc) is 2.93. The summed E-state index contributed by atoms with van der Waals surface area (Å²) in [5.41, 5.74) is 4.95. The number of hydrogen-bond acceptors (Lipinski definition) is 5. The van der Waals surface area contributed by atoms with Gasteiger partial charge < -0.3 is 9.47 Å². The molecule has 1 atom stereocenters. The van der Waals surface area contributed by atoms with E-state index in [0.29, 0.717) is 0 Å². The molecule has 0 spiro atoms. The number of aryl methyl sites for hydroxylation is 2. The van der Waals surface area contributed by atoms with Crippen molar-refractivity contribution in [2.24, 2.45) is 12.9 Å². The van der Waals surface area contributed by atoms with Crippen LogP contribution in [0.25, 0.3) is 0 Å². The van der Waals surface area contributed by atoms with Crippen LogP contribution in [-0.4, -0.2) is 24.0 Å². The van der Waals surface area contributed by atoms with Crippen LogP contribution < -0.4 is 20.7 Å². The fourth-order valence-corrected chi connectivity index (χ4v) is 2.47. The van der Waals surface area contributed by atoms with Crippen LogP contribution in [-0.2, 0) is 13.5 Å². The van der Waals surface area contributed by atoms with E-state index < -0.39 is 0 Å². The number of hydrogen-bond donors (Lipinski definition) is 2. The summed E-state index contributed by atoms with van der Waals surface area (Å²) in [5.74, 6) is 7.28. The molecule has 6 heteroatoms. The van der Waals surface area contributed by atoms with Crippen LogP contribution >= 0.6 is 0 Å². The van der Waals surface area contributed by atoms with Crippen molar-refractivity contribution in [3.8, 4) is 11.5 Å². The summed E-state index contributed by atoms with van der Waals surface area (Å²) in [5, 5.41) is 4.18. The van der Waals surface area contributed by atoms with E-state index in [9.17, 15) is 0 Å². The third-order valence-corrected chi connectivity index (χ3v) is 3.63. The first-order valence-corrected chi connectivity index (χ1v) is 6.85. The Morgan fingerprint density at radius 1 is 1.24 bits per heavy atom. The molecule has 2 aromatic rings. The Balaban J connectivity index is 2.22. The summed E-state index contributed by atoms with van der Waals surface area (Å²) in [7, 11) is 5.23. The first kappa shape index (κ1) is 15.3. The highest BCUT2D eigenvalue weighted by Gasteiger charge is 2.20. The van der Waals surface area contributed by atoms with Gasteiger partial charge in [0.15, 0.2) is 0 Å². The summed E-state index contributed by atoms with van der Waals surface area (Å²) in [4.78, 5) is 0. The molecule has 0 aliphatic rings. The Hall–Kier alpha value is -2.05. The van der Waals surface area contributed by atoms with Gasteiger partial charge in [0.05, 0.1) is 25.8 Å². The van der Waals surface area contributed by atoms with E-state index in [1.54, 1.807) is 20.4 Å². The van der Waals surface area contributed by atoms with E-state index in [0.717, 1.165) is 35.6 Å². The zero-order chi connectivity index (χ0) is 15.2. The lowest BCUT2D eigenvalue weighted by Gasteiger charge is -2.21. The minimum absolute atomic E-state index is 0.0639. The number of ether oxygens (including phenoxy) is 2. The highest BCUT2D eigenvalue weighted by Crippen LogP contribution is 2.35. The van der Waals surface area contributed by atoms with E-state index in [1.165, 1.54) is 0 Å². The molecule has 2 rings (SSSR count). The van der Waals surface area contributed by atoms with Gasteiger partial charge in [0.1, 0.15) is 11.5 Å². The number of nitrogens with two attached hydrogens (primary N) is 1. The van der Waals surface area contributed by atoms with Crippen molar-refractivity contribution in [2.45, 2.75) is 18.9 Å². The molecule has 6 nitrogen and oxygen atoms in total. The van der Waals surface area contributed by atoms with Crippen LogP contribution in [0.1, 0.15) is 23.7 Å². The average molecular weight is 290 g/mol. The number of benzene rings is 1. The van der Waals surface area contributed by atoms with Crippen molar-refractivity contribution < 1.29 is 9.47 Å². The maximum absolute atomic E-state index is 5.75. The quantitative estimate of drug-likeness (QED) is 0.598. The molecule has 0 fully saturated rings. The van der Waals surface area contributed by atoms with Gasteiger partial charge in [-0.25, -0.2) is 0 Å². The van der Waals surface area contributed by atoms with Gasteiger partial charge in [-0.3, -0.25) is 16.0 Å². The lowest BCUT2D eigenvalue weighted by molar-refractivity contribution is 0.366. The number of rotatable bonds is 7. The van der Waals surface area contributed by atoms with Crippen molar-refractivity contribution >= 4 is 0 Å². The van der Waals surface area contributed by atoms with Gasteiger partial charge in [-0.05, 0) is 31.0 Å². The Morgan fingerprint density at radius 2 is 1.90 bits per heavy atom. The molecule has 0 saturated carbocycles. The second-order valence-electron chi connectivity index (χ2n) is 4.78. The molecule has 0 radical (unpaired) electrons. The Labute approximate surface area is 124 Å². The molecule has 1 aromatic carbocycles. The van der Waals surface area contributed by atoms with Gasteiger partial charge >= 0.3 is 0 Å². The number of nitrogens with zero attached hydrogens (tertiary/aromatic N) is 2. The highest BCUT2D eigenvalue weighted by molar-refractivity contribution is 5.47. The largest absolute Gasteiger partial charge is 0.496 e. The predicted octanol–water partition coefficient (Wildman–Crippen LogP) is 1.57. The summed E-state index contributed by atoms with van der Waals surface area (Å²) in [6.07, 6.45) is 3.46. The number of methoxy groups -OCH3 is 2. The SMILES string of the molecule is COc1cccc(OC)c1C(CCc1ccnn1C)NN. The smallest absolute Gasteiger partial charge is 0.127 e. The molecule has 0 saturated heterocycles. The van der Waals surface area contributed by atoms with Crippen molar-refractivity contribution in [1.29, 1.82) is 0 Å². The molecular weight excluding hydrogens is 268 g/mol. The normalized spacial score (nSPS) is 12.2. The fraction of sp³-hybridized carbons (Fsp3) is 0.400. The third-order valence-electron chi connectivity index (χ3n) is 3.63. The highest BCUT2D eigenvalue weighted by atomic mass is 16.5. The number of nitrogens with one attached hydrogen (secondary N) is 1. The van der Waals surface area contributed by atoms with E-state index in [1.807, 2.05) is 36.0 Å². The van der Waals surface area contributed by atoms with Crippen molar-refractivity contribution in [1.82, 2.24) is 15.2 Å². The van der Waals surface area contributed by atoms with Gasteiger partial charge in [-0.1, -0.05) is 6.07 Å². The van der Waals surface area contributed by atoms with E-state index >= 15 is 0 Å². The monoisotopic (exact) mass is 290 g/mol. The van der Waals surface area contributed by atoms with Gasteiger partial charge in [0, 0.05) is 18.9 Å². The van der Waals surface area contributed by atoms with Crippen LogP contribution in [0.4, 0.5) is 0 Å². The van der Waals surface area contributed by atoms with E-state index in [2.05, 4.69) is 10.5 Å². The molecule has 1 aromatic heterocycles. The second kappa shape index (κ2) is 7.10. The summed E-state index contributed by atoms with van der Waals surface area (Å²) in [6.45, 7) is 0. The molecule has 0 amide bonds. The van der Waals surface area contributed by atoms with Crippen molar-refractivity contribution in [2.75, 3.05) is 14.2 Å². The molecule has 0 aliphatic heterocycles. The lowest BCUT2D eigenvalue weighted by atomic mass is 9.99. The standard InChI is InChI=1S/C15H22N4O2/c1-19-11(9-10-17-19)7-8-12(18-16)15-13(20-2)5-4-6-14(15)21-3/h4-6,9-10,12,18H,7-8,16H2,1-3H3. The minimum Gasteiger partial charge on any atom is -0.496 e. The zero-order valence-electron chi connectivity index (χ0n) is 12.7. The van der Waals surface area contributed by atoms with E-state index in [4.69, 9.17) is 15.3 Å². The Bertz CT molecular complexity index is 561. The van der Waals surface area contributed by atoms with E-state index in [-0.39, 0.29) is 6.04 Å². The summed E-state index contributed by atoms with van der Waals surface area (Å²) < 4.78 is 12.7. The molecule has 3 N–H and O–H groups in total. The molecule has 114 valence electrons. The van der Waals surface area contributed by atoms with Crippen LogP contribution in [0.15, 0.2) is 30.5 Å². The predicted molar refractivity (Wildman–Crippen MR) is 81.1 cm³/mol. The van der Waals surface area contributed by atoms with Gasteiger partial charge in [-0.2, -0.15) is 5.10 Å². The lowest BCUT2D eigenvalue weighted by Crippen LogP contribution is -2.29.